The van der Waals surface area contributed by atoms with Crippen LogP contribution in [0.15, 0.2) is 42.7 Å². The molecule has 6 nitrogen and oxygen atoms in total. The standard InChI is InChI=1S/C18H21N3O3/c1-24-16-4-2-14(3-5-16)12-17(22)20-8-10-21(11-9-20)18(23)15-6-7-19-13-15/h2-7,13,19H,8-12H2,1H3. The van der Waals surface area contributed by atoms with Crippen LogP contribution >= 0.6 is 0 Å². The zero-order chi connectivity index (χ0) is 16.9. The van der Waals surface area contributed by atoms with Gasteiger partial charge in [0.15, 0.2) is 0 Å². The van der Waals surface area contributed by atoms with E-state index in [9.17, 15) is 9.59 Å². The number of benzene rings is 1. The lowest BCUT2D eigenvalue weighted by atomic mass is 10.1. The number of aromatic amines is 1. The summed E-state index contributed by atoms with van der Waals surface area (Å²) in [6, 6.07) is 9.29. The SMILES string of the molecule is COc1ccc(CC(=O)N2CCN(C(=O)c3cc[nH]c3)CC2)cc1. The van der Waals surface area contributed by atoms with Gasteiger partial charge in [-0.25, -0.2) is 0 Å². The van der Waals surface area contributed by atoms with E-state index < -0.39 is 0 Å². The first-order valence-electron chi connectivity index (χ1n) is 8.00. The van der Waals surface area contributed by atoms with Gasteiger partial charge >= 0.3 is 0 Å². The van der Waals surface area contributed by atoms with Crippen LogP contribution in [0.3, 0.4) is 0 Å². The zero-order valence-electron chi connectivity index (χ0n) is 13.7. The Morgan fingerprint density at radius 3 is 2.29 bits per heavy atom. The van der Waals surface area contributed by atoms with Crippen molar-refractivity contribution in [1.82, 2.24) is 14.8 Å². The van der Waals surface area contributed by atoms with Crippen molar-refractivity contribution in [2.75, 3.05) is 33.3 Å². The Hall–Kier alpha value is -2.76. The molecule has 2 heterocycles. The number of nitrogens with zero attached hydrogens (tertiary/aromatic N) is 2. The van der Waals surface area contributed by atoms with Crippen LogP contribution in [0.4, 0.5) is 0 Å². The molecular formula is C18H21N3O3. The van der Waals surface area contributed by atoms with E-state index in [0.29, 0.717) is 38.2 Å². The summed E-state index contributed by atoms with van der Waals surface area (Å²) in [5.41, 5.74) is 1.62. The number of carbonyl (C=O) groups is 2. The maximum Gasteiger partial charge on any atom is 0.255 e. The number of piperazine rings is 1. The highest BCUT2D eigenvalue weighted by molar-refractivity contribution is 5.94. The monoisotopic (exact) mass is 327 g/mol. The Balaban J connectivity index is 1.52. The number of amides is 2. The summed E-state index contributed by atoms with van der Waals surface area (Å²) in [6.45, 7) is 2.28. The van der Waals surface area contributed by atoms with Gasteiger partial charge in [0.25, 0.3) is 5.91 Å². The third-order valence-corrected chi connectivity index (χ3v) is 4.28. The second-order valence-electron chi connectivity index (χ2n) is 5.80. The van der Waals surface area contributed by atoms with Crippen molar-refractivity contribution in [2.24, 2.45) is 0 Å². The lowest BCUT2D eigenvalue weighted by Gasteiger charge is -2.34. The largest absolute Gasteiger partial charge is 0.497 e. The van der Waals surface area contributed by atoms with Gasteiger partial charge in [-0.1, -0.05) is 12.1 Å². The summed E-state index contributed by atoms with van der Waals surface area (Å²) in [7, 11) is 1.62. The summed E-state index contributed by atoms with van der Waals surface area (Å²) in [4.78, 5) is 31.2. The van der Waals surface area contributed by atoms with Gasteiger partial charge in [0.05, 0.1) is 19.1 Å². The number of hydrogen-bond acceptors (Lipinski definition) is 3. The molecule has 2 amide bonds. The van der Waals surface area contributed by atoms with Crippen LogP contribution in [0, 0.1) is 0 Å². The van der Waals surface area contributed by atoms with E-state index in [-0.39, 0.29) is 11.8 Å². The first-order valence-corrected chi connectivity index (χ1v) is 8.00. The Bertz CT molecular complexity index is 687. The van der Waals surface area contributed by atoms with Crippen molar-refractivity contribution >= 4 is 11.8 Å². The number of aromatic nitrogens is 1. The Labute approximate surface area is 141 Å². The number of rotatable bonds is 4. The fourth-order valence-electron chi connectivity index (χ4n) is 2.83. The van der Waals surface area contributed by atoms with Crippen LogP contribution in [0.2, 0.25) is 0 Å². The van der Waals surface area contributed by atoms with Crippen molar-refractivity contribution in [3.05, 3.63) is 53.9 Å². The predicted molar refractivity (Wildman–Crippen MR) is 90.0 cm³/mol. The highest BCUT2D eigenvalue weighted by Crippen LogP contribution is 2.14. The average molecular weight is 327 g/mol. The fourth-order valence-corrected chi connectivity index (χ4v) is 2.83. The molecule has 0 aliphatic carbocycles. The van der Waals surface area contributed by atoms with Gasteiger partial charge < -0.3 is 19.5 Å². The number of nitrogens with one attached hydrogen (secondary N) is 1. The van der Waals surface area contributed by atoms with Gasteiger partial charge in [0.1, 0.15) is 5.75 Å². The molecule has 126 valence electrons. The predicted octanol–water partition coefficient (Wildman–Crippen LogP) is 1.55. The van der Waals surface area contributed by atoms with Crippen LogP contribution in [-0.4, -0.2) is 59.9 Å². The minimum atomic E-state index is 0.0125. The molecule has 3 rings (SSSR count). The highest BCUT2D eigenvalue weighted by atomic mass is 16.5. The number of methoxy groups -OCH3 is 1. The lowest BCUT2D eigenvalue weighted by molar-refractivity contribution is -0.131. The van der Waals surface area contributed by atoms with E-state index in [1.807, 2.05) is 29.2 Å². The van der Waals surface area contributed by atoms with Gasteiger partial charge in [-0.3, -0.25) is 9.59 Å². The molecular weight excluding hydrogens is 306 g/mol. The number of ether oxygens (including phenoxy) is 1. The summed E-state index contributed by atoms with van der Waals surface area (Å²) >= 11 is 0. The smallest absolute Gasteiger partial charge is 0.255 e. The van der Waals surface area contributed by atoms with Crippen LogP contribution in [0.5, 0.6) is 5.75 Å². The molecule has 0 spiro atoms. The normalized spacial score (nSPS) is 14.5. The fraction of sp³-hybridized carbons (Fsp3) is 0.333. The first-order chi connectivity index (χ1) is 11.7. The third kappa shape index (κ3) is 3.59. The topological polar surface area (TPSA) is 65.6 Å². The molecule has 0 saturated carbocycles. The third-order valence-electron chi connectivity index (χ3n) is 4.28. The van der Waals surface area contributed by atoms with Crippen LogP contribution in [0.1, 0.15) is 15.9 Å². The van der Waals surface area contributed by atoms with Gasteiger partial charge in [-0.05, 0) is 23.8 Å². The molecule has 0 radical (unpaired) electrons. The van der Waals surface area contributed by atoms with Crippen molar-refractivity contribution in [2.45, 2.75) is 6.42 Å². The molecule has 2 aromatic rings. The molecule has 1 aromatic carbocycles. The maximum absolute atomic E-state index is 12.4. The second kappa shape index (κ2) is 7.21. The molecule has 1 aliphatic rings. The van der Waals surface area contributed by atoms with Crippen LogP contribution in [-0.2, 0) is 11.2 Å². The maximum atomic E-state index is 12.4. The van der Waals surface area contributed by atoms with E-state index in [2.05, 4.69) is 4.98 Å². The number of hydrogen-bond donors (Lipinski definition) is 1. The molecule has 0 unspecified atom stereocenters. The molecule has 1 fully saturated rings. The van der Waals surface area contributed by atoms with Crippen LogP contribution in [0.25, 0.3) is 0 Å². The number of H-pyrrole nitrogens is 1. The quantitative estimate of drug-likeness (QED) is 0.926. The molecule has 24 heavy (non-hydrogen) atoms. The van der Waals surface area contributed by atoms with Gasteiger partial charge in [-0.2, -0.15) is 0 Å². The Morgan fingerprint density at radius 1 is 1.04 bits per heavy atom. The minimum Gasteiger partial charge on any atom is -0.497 e. The van der Waals surface area contributed by atoms with Crippen molar-refractivity contribution in [3.63, 3.8) is 0 Å². The van der Waals surface area contributed by atoms with E-state index >= 15 is 0 Å². The van der Waals surface area contributed by atoms with Gasteiger partial charge in [-0.15, -0.1) is 0 Å². The van der Waals surface area contributed by atoms with Gasteiger partial charge in [0, 0.05) is 38.6 Å². The Morgan fingerprint density at radius 2 is 1.71 bits per heavy atom. The van der Waals surface area contributed by atoms with Gasteiger partial charge in [0.2, 0.25) is 5.91 Å². The summed E-state index contributed by atoms with van der Waals surface area (Å²) in [5, 5.41) is 0. The van der Waals surface area contributed by atoms with E-state index in [0.717, 1.165) is 11.3 Å². The molecule has 6 heteroatoms. The summed E-state index contributed by atoms with van der Waals surface area (Å²) in [6.07, 6.45) is 3.81. The molecule has 0 bridgehead atoms. The van der Waals surface area contributed by atoms with Crippen LogP contribution < -0.4 is 4.74 Å². The first kappa shape index (κ1) is 16.1. The van der Waals surface area contributed by atoms with Crippen molar-refractivity contribution in [1.29, 1.82) is 0 Å². The second-order valence-corrected chi connectivity index (χ2v) is 5.80. The highest BCUT2D eigenvalue weighted by Gasteiger charge is 2.24. The zero-order valence-corrected chi connectivity index (χ0v) is 13.7. The molecule has 1 aromatic heterocycles. The number of carbonyl (C=O) groups excluding carboxylic acids is 2. The summed E-state index contributed by atoms with van der Waals surface area (Å²) < 4.78 is 5.12. The summed E-state index contributed by atoms with van der Waals surface area (Å²) in [5.74, 6) is 0.885. The molecule has 1 N–H and O–H groups in total. The Kier molecular flexibility index (Phi) is 4.84. The van der Waals surface area contributed by atoms with E-state index in [1.54, 1.807) is 30.5 Å². The molecule has 1 aliphatic heterocycles. The molecule has 1 saturated heterocycles. The minimum absolute atomic E-state index is 0.0125. The van der Waals surface area contributed by atoms with E-state index in [4.69, 9.17) is 4.74 Å². The molecule has 0 atom stereocenters. The van der Waals surface area contributed by atoms with Crippen molar-refractivity contribution in [3.8, 4) is 5.75 Å². The van der Waals surface area contributed by atoms with E-state index in [1.165, 1.54) is 0 Å². The lowest BCUT2D eigenvalue weighted by Crippen LogP contribution is -2.50. The van der Waals surface area contributed by atoms with Crippen molar-refractivity contribution < 1.29 is 14.3 Å². The average Bonchev–Trinajstić information content (AvgIpc) is 3.16.